The van der Waals surface area contributed by atoms with Gasteiger partial charge in [0.1, 0.15) is 16.8 Å². The van der Waals surface area contributed by atoms with Crippen LogP contribution in [0.25, 0.3) is 0 Å². The van der Waals surface area contributed by atoms with Crippen molar-refractivity contribution in [2.45, 2.75) is 17.4 Å². The molecule has 98 valence electrons. The van der Waals surface area contributed by atoms with E-state index in [9.17, 15) is 10.2 Å². The Kier molecular flexibility index (Phi) is 1.51. The molecular weight excluding hydrogens is 254 g/mol. The molecule has 2 aliphatic carbocycles. The van der Waals surface area contributed by atoms with Crippen molar-refractivity contribution in [3.63, 3.8) is 0 Å². The van der Waals surface area contributed by atoms with Gasteiger partial charge in [-0.05, 0) is 23.8 Å². The molecule has 4 nitrogen and oxygen atoms in total. The number of aliphatic hydroxyl groups is 1. The molecule has 0 amide bonds. The number of phenolic OH excluding ortho intramolecular Hbond substituents is 1. The van der Waals surface area contributed by atoms with E-state index in [4.69, 9.17) is 4.74 Å². The van der Waals surface area contributed by atoms with Gasteiger partial charge < -0.3 is 14.9 Å². The highest BCUT2D eigenvalue weighted by Gasteiger charge is 2.66. The number of rotatable bonds is 0. The predicted molar refractivity (Wildman–Crippen MR) is 72.7 cm³/mol. The van der Waals surface area contributed by atoms with Gasteiger partial charge in [0.25, 0.3) is 0 Å². The van der Waals surface area contributed by atoms with E-state index in [0.717, 1.165) is 23.3 Å². The summed E-state index contributed by atoms with van der Waals surface area (Å²) >= 11 is 0. The van der Waals surface area contributed by atoms with Crippen LogP contribution in [0.15, 0.2) is 58.4 Å². The maximum absolute atomic E-state index is 11.1. The van der Waals surface area contributed by atoms with Gasteiger partial charge in [-0.15, -0.1) is 0 Å². The monoisotopic (exact) mass is 265 g/mol. The molecule has 0 aromatic heterocycles. The van der Waals surface area contributed by atoms with Crippen molar-refractivity contribution in [2.24, 2.45) is 4.99 Å². The van der Waals surface area contributed by atoms with Crippen LogP contribution in [0.5, 0.6) is 11.5 Å². The van der Waals surface area contributed by atoms with E-state index < -0.39 is 11.0 Å². The summed E-state index contributed by atoms with van der Waals surface area (Å²) in [6.07, 6.45) is 7.74. The molecule has 1 spiro atoms. The van der Waals surface area contributed by atoms with Crippen LogP contribution in [0.1, 0.15) is 12.0 Å². The van der Waals surface area contributed by atoms with Gasteiger partial charge >= 0.3 is 0 Å². The molecule has 0 bridgehead atoms. The lowest BCUT2D eigenvalue weighted by atomic mass is 9.63. The van der Waals surface area contributed by atoms with Crippen molar-refractivity contribution in [1.29, 1.82) is 0 Å². The first-order valence-corrected chi connectivity index (χ1v) is 6.57. The van der Waals surface area contributed by atoms with E-state index in [1.54, 1.807) is 30.5 Å². The molecule has 0 saturated carbocycles. The molecule has 2 heterocycles. The summed E-state index contributed by atoms with van der Waals surface area (Å²) in [5.74, 6) is 1.20. The zero-order chi connectivity index (χ0) is 13.5. The Balaban J connectivity index is 1.92. The van der Waals surface area contributed by atoms with Crippen LogP contribution in [0, 0.1) is 0 Å². The van der Waals surface area contributed by atoms with Crippen molar-refractivity contribution < 1.29 is 14.9 Å². The van der Waals surface area contributed by atoms with Crippen molar-refractivity contribution >= 4 is 6.21 Å². The number of hydrogen-bond acceptors (Lipinski definition) is 4. The van der Waals surface area contributed by atoms with Gasteiger partial charge in [-0.1, -0.05) is 18.2 Å². The first kappa shape index (κ1) is 10.5. The summed E-state index contributed by atoms with van der Waals surface area (Å²) in [6, 6.07) is 5.28. The van der Waals surface area contributed by atoms with E-state index in [-0.39, 0.29) is 5.75 Å². The molecule has 1 aromatic carbocycles. The first-order valence-electron chi connectivity index (χ1n) is 6.57. The summed E-state index contributed by atoms with van der Waals surface area (Å²) in [5, 5.41) is 21.2. The zero-order valence-corrected chi connectivity index (χ0v) is 10.5. The molecule has 0 saturated heterocycles. The minimum atomic E-state index is -1.23. The average Bonchev–Trinajstić information content (AvgIpc) is 3.14. The number of fused-ring (bicyclic) bond motifs is 1. The van der Waals surface area contributed by atoms with Crippen LogP contribution in [-0.2, 0) is 5.41 Å². The lowest BCUT2D eigenvalue weighted by molar-refractivity contribution is 0.0991. The number of aromatic hydroxyl groups is 1. The number of aliphatic imine (C=N–C) groups is 1. The number of para-hydroxylation sites is 1. The Morgan fingerprint density at radius 1 is 1.30 bits per heavy atom. The van der Waals surface area contributed by atoms with Gasteiger partial charge in [-0.2, -0.15) is 0 Å². The Morgan fingerprint density at radius 3 is 3.10 bits per heavy atom. The first-order chi connectivity index (χ1) is 9.67. The number of ether oxygens (including phenoxy) is 1. The molecular formula is C16H11NO3. The lowest BCUT2D eigenvalue weighted by Crippen LogP contribution is -2.53. The second kappa shape index (κ2) is 2.88. The van der Waals surface area contributed by atoms with E-state index >= 15 is 0 Å². The molecule has 2 N–H and O–H groups in total. The Labute approximate surface area is 115 Å². The third-order valence-electron chi connectivity index (χ3n) is 4.62. The number of phenols is 1. The predicted octanol–water partition coefficient (Wildman–Crippen LogP) is 1.95. The minimum absolute atomic E-state index is 0.0971. The van der Waals surface area contributed by atoms with Crippen LogP contribution in [-0.4, -0.2) is 22.0 Å². The van der Waals surface area contributed by atoms with Crippen molar-refractivity contribution in [1.82, 2.24) is 0 Å². The van der Waals surface area contributed by atoms with Crippen molar-refractivity contribution in [2.75, 3.05) is 0 Å². The molecule has 1 aromatic rings. The summed E-state index contributed by atoms with van der Waals surface area (Å²) in [7, 11) is 0. The van der Waals surface area contributed by atoms with E-state index in [2.05, 4.69) is 4.99 Å². The Bertz CT molecular complexity index is 802. The highest BCUT2D eigenvalue weighted by molar-refractivity contribution is 5.88. The lowest BCUT2D eigenvalue weighted by Gasteiger charge is -2.41. The molecule has 0 fully saturated rings. The van der Waals surface area contributed by atoms with Gasteiger partial charge in [-0.25, -0.2) is 0 Å². The summed E-state index contributed by atoms with van der Waals surface area (Å²) in [6.45, 7) is 0. The number of benzene rings is 1. The second-order valence-electron chi connectivity index (χ2n) is 5.58. The SMILES string of the molecule is Oc1cccc2c1OC1=CC=CC3(O)C=NC4=C(C4)C123. The molecule has 5 rings (SSSR count). The summed E-state index contributed by atoms with van der Waals surface area (Å²) < 4.78 is 5.87. The molecule has 2 atom stereocenters. The van der Waals surface area contributed by atoms with Crippen LogP contribution in [0.4, 0.5) is 0 Å². The molecule has 0 radical (unpaired) electrons. The molecule has 4 aliphatic rings. The smallest absolute Gasteiger partial charge is 0.173 e. The molecule has 2 aliphatic heterocycles. The average molecular weight is 265 g/mol. The third kappa shape index (κ3) is 0.887. The summed E-state index contributed by atoms with van der Waals surface area (Å²) in [4.78, 5) is 4.32. The van der Waals surface area contributed by atoms with Crippen LogP contribution in [0.3, 0.4) is 0 Å². The van der Waals surface area contributed by atoms with Gasteiger partial charge in [0, 0.05) is 23.9 Å². The van der Waals surface area contributed by atoms with Crippen LogP contribution in [0.2, 0.25) is 0 Å². The third-order valence-corrected chi connectivity index (χ3v) is 4.62. The quantitative estimate of drug-likeness (QED) is 0.753. The van der Waals surface area contributed by atoms with Gasteiger partial charge in [0.15, 0.2) is 11.5 Å². The highest BCUT2D eigenvalue weighted by atomic mass is 16.5. The van der Waals surface area contributed by atoms with Crippen molar-refractivity contribution in [3.8, 4) is 11.5 Å². The van der Waals surface area contributed by atoms with Gasteiger partial charge in [0.05, 0.1) is 0 Å². The van der Waals surface area contributed by atoms with E-state index in [0.29, 0.717) is 11.5 Å². The highest BCUT2D eigenvalue weighted by Crippen LogP contribution is 2.65. The Morgan fingerprint density at radius 2 is 2.20 bits per heavy atom. The number of nitrogens with zero attached hydrogens (tertiary/aromatic N) is 1. The fourth-order valence-electron chi connectivity index (χ4n) is 3.69. The molecule has 4 heteroatoms. The largest absolute Gasteiger partial charge is 0.504 e. The fraction of sp³-hybridized carbons (Fsp3) is 0.188. The number of hydrogen-bond donors (Lipinski definition) is 2. The molecule has 2 unspecified atom stereocenters. The topological polar surface area (TPSA) is 62.0 Å². The molecule has 20 heavy (non-hydrogen) atoms. The normalized spacial score (nSPS) is 34.8. The van der Waals surface area contributed by atoms with Crippen LogP contribution < -0.4 is 4.74 Å². The second-order valence-corrected chi connectivity index (χ2v) is 5.58. The van der Waals surface area contributed by atoms with Crippen molar-refractivity contribution in [3.05, 3.63) is 59.0 Å². The standard InChI is InChI=1S/C16H11NO3/c18-12-4-1-3-9-14(12)20-13-5-2-6-15(19)8-17-11-7-10(11)16(9,13)15/h1-6,8,18-19H,7H2. The summed E-state index contributed by atoms with van der Waals surface area (Å²) in [5.41, 5.74) is 0.933. The Hall–Kier alpha value is -2.33. The number of allylic oxidation sites excluding steroid dienone is 3. The fourth-order valence-corrected chi connectivity index (χ4v) is 3.69. The van der Waals surface area contributed by atoms with Gasteiger partial charge in [0.2, 0.25) is 0 Å². The maximum atomic E-state index is 11.1. The van der Waals surface area contributed by atoms with E-state index in [1.165, 1.54) is 0 Å². The van der Waals surface area contributed by atoms with Gasteiger partial charge in [-0.3, -0.25) is 4.99 Å². The van der Waals surface area contributed by atoms with Crippen LogP contribution >= 0.6 is 0 Å². The zero-order valence-electron chi connectivity index (χ0n) is 10.5. The maximum Gasteiger partial charge on any atom is 0.173 e. The minimum Gasteiger partial charge on any atom is -0.504 e. The van der Waals surface area contributed by atoms with E-state index in [1.807, 2.05) is 12.1 Å².